The highest BCUT2D eigenvalue weighted by atomic mass is 16.6. The molecule has 82 valence electrons. The molecule has 4 rings (SSSR count). The van der Waals surface area contributed by atoms with E-state index in [4.69, 9.17) is 4.74 Å². The van der Waals surface area contributed by atoms with Gasteiger partial charge in [0.25, 0.3) is 0 Å². The van der Waals surface area contributed by atoms with Gasteiger partial charge in [0.1, 0.15) is 6.10 Å². The molecule has 1 aliphatic carbocycles. The number of amides is 1. The molecule has 2 heterocycles. The second-order valence-electron chi connectivity index (χ2n) is 4.95. The number of rotatable bonds is 2. The average molecular weight is 215 g/mol. The molecule has 3 fully saturated rings. The van der Waals surface area contributed by atoms with Crippen LogP contribution in [-0.4, -0.2) is 23.1 Å². The number of carbonyl (C=O) groups excluding carboxylic acids is 1. The Kier molecular flexibility index (Phi) is 1.56. The number of fused-ring (bicyclic) bond motifs is 3. The lowest BCUT2D eigenvalue weighted by Gasteiger charge is -2.23. The Morgan fingerprint density at radius 3 is 2.94 bits per heavy atom. The molecule has 0 aromatic heterocycles. The van der Waals surface area contributed by atoms with Crippen molar-refractivity contribution in [1.82, 2.24) is 4.90 Å². The number of nitrogens with zero attached hydrogens (tertiary/aromatic N) is 1. The van der Waals surface area contributed by atoms with Crippen LogP contribution in [0.25, 0.3) is 0 Å². The Morgan fingerprint density at radius 2 is 2.12 bits per heavy atom. The molecule has 0 bridgehead atoms. The Hall–Kier alpha value is -1.35. The van der Waals surface area contributed by atoms with Crippen molar-refractivity contribution in [2.24, 2.45) is 11.8 Å². The Bertz CT molecular complexity index is 445. The van der Waals surface area contributed by atoms with Crippen molar-refractivity contribution in [3.63, 3.8) is 0 Å². The van der Waals surface area contributed by atoms with Gasteiger partial charge < -0.3 is 9.64 Å². The van der Waals surface area contributed by atoms with Gasteiger partial charge in [-0.05, 0) is 12.0 Å². The maximum absolute atomic E-state index is 12.1. The van der Waals surface area contributed by atoms with E-state index in [0.717, 1.165) is 6.42 Å². The Labute approximate surface area is 94.0 Å². The second-order valence-corrected chi connectivity index (χ2v) is 4.95. The van der Waals surface area contributed by atoms with Crippen molar-refractivity contribution in [1.29, 1.82) is 0 Å². The number of piperidine rings is 1. The molecule has 1 amide bonds. The van der Waals surface area contributed by atoms with Gasteiger partial charge in [-0.1, -0.05) is 30.3 Å². The van der Waals surface area contributed by atoms with E-state index >= 15 is 0 Å². The van der Waals surface area contributed by atoms with Crippen LogP contribution in [0.2, 0.25) is 0 Å². The molecule has 4 atom stereocenters. The molecule has 3 heteroatoms. The van der Waals surface area contributed by atoms with Gasteiger partial charge in [0.05, 0.1) is 0 Å². The minimum absolute atomic E-state index is 0.0801. The molecule has 0 N–H and O–H groups in total. The topological polar surface area (TPSA) is 32.8 Å². The van der Waals surface area contributed by atoms with Gasteiger partial charge in [-0.2, -0.15) is 0 Å². The molecule has 4 unspecified atom stereocenters. The number of ether oxygens (including phenoxy) is 1. The zero-order valence-corrected chi connectivity index (χ0v) is 8.87. The number of benzene rings is 1. The molecule has 16 heavy (non-hydrogen) atoms. The van der Waals surface area contributed by atoms with Crippen molar-refractivity contribution in [2.75, 3.05) is 0 Å². The molecule has 1 aromatic rings. The minimum atomic E-state index is 0.0801. The summed E-state index contributed by atoms with van der Waals surface area (Å²) in [6, 6.07) is 10.1. The molecule has 2 saturated heterocycles. The fourth-order valence-corrected chi connectivity index (χ4v) is 2.83. The molecule has 0 spiro atoms. The van der Waals surface area contributed by atoms with Crippen LogP contribution in [-0.2, 0) is 16.1 Å². The van der Waals surface area contributed by atoms with Gasteiger partial charge in [-0.15, -0.1) is 0 Å². The van der Waals surface area contributed by atoms with Crippen LogP contribution in [0.4, 0.5) is 0 Å². The van der Waals surface area contributed by atoms with Crippen molar-refractivity contribution < 1.29 is 9.53 Å². The lowest BCUT2D eigenvalue weighted by Crippen LogP contribution is -2.39. The number of likely N-dealkylation sites (tertiary alicyclic amines) is 1. The standard InChI is InChI=1S/C13H13NO2/c15-12-10-6-9(10)11-13(16-11)14(12)7-8-4-2-1-3-5-8/h1-5,9-11,13H,6-7H2. The molecular formula is C13H13NO2. The van der Waals surface area contributed by atoms with Crippen molar-refractivity contribution in [3.05, 3.63) is 35.9 Å². The monoisotopic (exact) mass is 215 g/mol. The van der Waals surface area contributed by atoms with Crippen LogP contribution >= 0.6 is 0 Å². The van der Waals surface area contributed by atoms with E-state index in [2.05, 4.69) is 12.1 Å². The summed E-state index contributed by atoms with van der Waals surface area (Å²) in [4.78, 5) is 14.0. The summed E-state index contributed by atoms with van der Waals surface area (Å²) in [5.74, 6) is 1.12. The van der Waals surface area contributed by atoms with Crippen LogP contribution in [0.1, 0.15) is 12.0 Å². The SMILES string of the molecule is O=C1C2CC2C2OC2N1Cc1ccccc1. The smallest absolute Gasteiger partial charge is 0.228 e. The summed E-state index contributed by atoms with van der Waals surface area (Å²) in [5.41, 5.74) is 1.18. The Balaban J connectivity index is 1.57. The molecular weight excluding hydrogens is 202 g/mol. The quantitative estimate of drug-likeness (QED) is 0.698. The van der Waals surface area contributed by atoms with Crippen LogP contribution in [0.5, 0.6) is 0 Å². The zero-order valence-electron chi connectivity index (χ0n) is 8.87. The van der Waals surface area contributed by atoms with E-state index in [0.29, 0.717) is 24.5 Å². The normalized spacial score (nSPS) is 39.0. The van der Waals surface area contributed by atoms with Gasteiger partial charge in [-0.25, -0.2) is 0 Å². The van der Waals surface area contributed by atoms with Crippen molar-refractivity contribution >= 4 is 5.91 Å². The number of hydrogen-bond donors (Lipinski definition) is 0. The Morgan fingerprint density at radius 1 is 1.31 bits per heavy atom. The second kappa shape index (κ2) is 2.86. The third-order valence-electron chi connectivity index (χ3n) is 3.87. The van der Waals surface area contributed by atoms with Crippen LogP contribution < -0.4 is 0 Å². The molecule has 1 saturated carbocycles. The van der Waals surface area contributed by atoms with E-state index in [1.165, 1.54) is 5.56 Å². The maximum Gasteiger partial charge on any atom is 0.228 e. The van der Waals surface area contributed by atoms with Crippen LogP contribution in [0, 0.1) is 11.8 Å². The highest BCUT2D eigenvalue weighted by Crippen LogP contribution is 2.56. The first-order chi connectivity index (χ1) is 7.84. The summed E-state index contributed by atoms with van der Waals surface area (Å²) in [6.07, 6.45) is 1.48. The van der Waals surface area contributed by atoms with E-state index < -0.39 is 0 Å². The van der Waals surface area contributed by atoms with Crippen molar-refractivity contribution in [3.8, 4) is 0 Å². The van der Waals surface area contributed by atoms with E-state index in [-0.39, 0.29) is 12.1 Å². The molecule has 3 nitrogen and oxygen atoms in total. The molecule has 1 aromatic carbocycles. The van der Waals surface area contributed by atoms with Gasteiger partial charge >= 0.3 is 0 Å². The maximum atomic E-state index is 12.1. The predicted molar refractivity (Wildman–Crippen MR) is 57.3 cm³/mol. The predicted octanol–water partition coefficient (Wildman–Crippen LogP) is 1.39. The lowest BCUT2D eigenvalue weighted by atomic mass is 10.1. The molecule has 3 aliphatic rings. The first kappa shape index (κ1) is 8.76. The fourth-order valence-electron chi connectivity index (χ4n) is 2.83. The number of carbonyl (C=O) groups is 1. The van der Waals surface area contributed by atoms with Crippen LogP contribution in [0.15, 0.2) is 30.3 Å². The number of hydrogen-bond acceptors (Lipinski definition) is 2. The summed E-state index contributed by atoms with van der Waals surface area (Å²) in [5, 5.41) is 0. The minimum Gasteiger partial charge on any atom is -0.347 e. The summed E-state index contributed by atoms with van der Waals surface area (Å²) in [6.45, 7) is 0.698. The average Bonchev–Trinajstić information content (AvgIpc) is 3.13. The third-order valence-corrected chi connectivity index (χ3v) is 3.87. The largest absolute Gasteiger partial charge is 0.347 e. The molecule has 2 aliphatic heterocycles. The highest BCUT2D eigenvalue weighted by Gasteiger charge is 2.66. The fraction of sp³-hybridized carbons (Fsp3) is 0.462. The molecule has 0 radical (unpaired) electrons. The number of epoxide rings is 1. The van der Waals surface area contributed by atoms with E-state index in [1.807, 2.05) is 23.1 Å². The summed E-state index contributed by atoms with van der Waals surface area (Å²) < 4.78 is 5.59. The van der Waals surface area contributed by atoms with Crippen LogP contribution in [0.3, 0.4) is 0 Å². The van der Waals surface area contributed by atoms with Gasteiger partial charge in [0.2, 0.25) is 5.91 Å². The van der Waals surface area contributed by atoms with Crippen molar-refractivity contribution in [2.45, 2.75) is 25.3 Å². The van der Waals surface area contributed by atoms with E-state index in [9.17, 15) is 4.79 Å². The van der Waals surface area contributed by atoms with E-state index in [1.54, 1.807) is 0 Å². The lowest BCUT2D eigenvalue weighted by molar-refractivity contribution is -0.136. The zero-order chi connectivity index (χ0) is 10.7. The third kappa shape index (κ3) is 1.15. The van der Waals surface area contributed by atoms with Gasteiger partial charge in [0.15, 0.2) is 6.23 Å². The summed E-state index contributed by atoms with van der Waals surface area (Å²) >= 11 is 0. The first-order valence-electron chi connectivity index (χ1n) is 5.84. The first-order valence-corrected chi connectivity index (χ1v) is 5.84. The summed E-state index contributed by atoms with van der Waals surface area (Å²) in [7, 11) is 0. The van der Waals surface area contributed by atoms with Gasteiger partial charge in [-0.3, -0.25) is 4.79 Å². The highest BCUT2D eigenvalue weighted by molar-refractivity contribution is 5.84. The van der Waals surface area contributed by atoms with Gasteiger partial charge in [0, 0.05) is 18.4 Å².